The molecule has 2 rings (SSSR count). The predicted octanol–water partition coefficient (Wildman–Crippen LogP) is 3.56. The summed E-state index contributed by atoms with van der Waals surface area (Å²) in [5, 5.41) is 13.8. The van der Waals surface area contributed by atoms with Gasteiger partial charge in [0.2, 0.25) is 0 Å². The minimum Gasteiger partial charge on any atom is -0.366 e. The minimum absolute atomic E-state index is 0.0774. The fraction of sp³-hybridized carbons (Fsp3) is 0.154. The Bertz CT molecular complexity index is 599. The second-order valence-corrected chi connectivity index (χ2v) is 4.52. The normalized spacial score (nSPS) is 10.2. The van der Waals surface area contributed by atoms with Gasteiger partial charge in [-0.25, -0.2) is 4.98 Å². The Kier molecular flexibility index (Phi) is 3.97. The molecule has 0 unspecified atom stereocenters. The van der Waals surface area contributed by atoms with E-state index in [0.29, 0.717) is 12.4 Å². The van der Waals surface area contributed by atoms with E-state index in [0.717, 1.165) is 5.56 Å². The van der Waals surface area contributed by atoms with Gasteiger partial charge in [0.25, 0.3) is 5.69 Å². The topological polar surface area (TPSA) is 68.1 Å². The number of nitrogens with one attached hydrogen (secondary N) is 1. The highest BCUT2D eigenvalue weighted by Gasteiger charge is 2.09. The predicted molar refractivity (Wildman–Crippen MR) is 74.4 cm³/mol. The number of rotatable bonds is 4. The average Bonchev–Trinajstić information content (AvgIpc) is 2.37. The molecule has 0 bridgehead atoms. The first kappa shape index (κ1) is 13.3. The number of pyridine rings is 1. The number of hydrogen-bond donors (Lipinski definition) is 1. The largest absolute Gasteiger partial charge is 0.366 e. The SMILES string of the molecule is Cc1ccc(CNc2cc([N+](=O)[O-])cc(Cl)n2)cc1. The molecule has 98 valence electrons. The molecular weight excluding hydrogens is 266 g/mol. The molecular formula is C13H12ClN3O2. The van der Waals surface area contributed by atoms with Crippen molar-refractivity contribution in [1.29, 1.82) is 0 Å². The molecule has 0 amide bonds. The first-order valence-electron chi connectivity index (χ1n) is 5.66. The van der Waals surface area contributed by atoms with Crippen molar-refractivity contribution in [2.75, 3.05) is 5.32 Å². The summed E-state index contributed by atoms with van der Waals surface area (Å²) in [7, 11) is 0. The van der Waals surface area contributed by atoms with Gasteiger partial charge >= 0.3 is 0 Å². The molecule has 6 heteroatoms. The van der Waals surface area contributed by atoms with Crippen LogP contribution in [0.2, 0.25) is 5.15 Å². The lowest BCUT2D eigenvalue weighted by Gasteiger charge is -2.06. The summed E-state index contributed by atoms with van der Waals surface area (Å²) in [5.74, 6) is 0.389. The van der Waals surface area contributed by atoms with E-state index in [1.165, 1.54) is 17.7 Å². The van der Waals surface area contributed by atoms with Crippen LogP contribution in [0.25, 0.3) is 0 Å². The smallest absolute Gasteiger partial charge is 0.276 e. The van der Waals surface area contributed by atoms with Crippen LogP contribution in [0.1, 0.15) is 11.1 Å². The van der Waals surface area contributed by atoms with E-state index in [-0.39, 0.29) is 10.8 Å². The molecule has 0 aliphatic carbocycles. The number of anilines is 1. The van der Waals surface area contributed by atoms with E-state index in [9.17, 15) is 10.1 Å². The van der Waals surface area contributed by atoms with Gasteiger partial charge in [-0.3, -0.25) is 10.1 Å². The molecule has 1 aromatic heterocycles. The molecule has 0 saturated carbocycles. The number of aryl methyl sites for hydroxylation is 1. The highest BCUT2D eigenvalue weighted by Crippen LogP contribution is 2.20. The zero-order valence-electron chi connectivity index (χ0n) is 10.3. The van der Waals surface area contributed by atoms with Crippen LogP contribution in [0.15, 0.2) is 36.4 Å². The van der Waals surface area contributed by atoms with E-state index in [2.05, 4.69) is 10.3 Å². The van der Waals surface area contributed by atoms with Crippen molar-refractivity contribution in [3.8, 4) is 0 Å². The van der Waals surface area contributed by atoms with Crippen LogP contribution in [0.5, 0.6) is 0 Å². The molecule has 2 aromatic rings. The van der Waals surface area contributed by atoms with Gasteiger partial charge < -0.3 is 5.32 Å². The maximum atomic E-state index is 10.7. The molecule has 5 nitrogen and oxygen atoms in total. The van der Waals surface area contributed by atoms with Gasteiger partial charge in [-0.15, -0.1) is 0 Å². The highest BCUT2D eigenvalue weighted by atomic mass is 35.5. The van der Waals surface area contributed by atoms with E-state index in [1.807, 2.05) is 31.2 Å². The molecule has 0 spiro atoms. The maximum absolute atomic E-state index is 10.7. The summed E-state index contributed by atoms with van der Waals surface area (Å²) in [4.78, 5) is 14.2. The Hall–Kier alpha value is -2.14. The Morgan fingerprint density at radius 1 is 1.32 bits per heavy atom. The lowest BCUT2D eigenvalue weighted by molar-refractivity contribution is -0.384. The van der Waals surface area contributed by atoms with Gasteiger partial charge in [-0.1, -0.05) is 41.4 Å². The summed E-state index contributed by atoms with van der Waals surface area (Å²) < 4.78 is 0. The Labute approximate surface area is 115 Å². The Balaban J connectivity index is 2.11. The van der Waals surface area contributed by atoms with Crippen molar-refractivity contribution in [2.45, 2.75) is 13.5 Å². The maximum Gasteiger partial charge on any atom is 0.276 e. The molecule has 0 atom stereocenters. The van der Waals surface area contributed by atoms with Crippen molar-refractivity contribution in [3.63, 3.8) is 0 Å². The summed E-state index contributed by atoms with van der Waals surface area (Å²) in [6.07, 6.45) is 0. The standard InChI is InChI=1S/C13H12ClN3O2/c1-9-2-4-10(5-3-9)8-15-13-7-11(17(18)19)6-12(14)16-13/h2-7H,8H2,1H3,(H,15,16). The highest BCUT2D eigenvalue weighted by molar-refractivity contribution is 6.29. The van der Waals surface area contributed by atoms with Crippen LogP contribution in [0, 0.1) is 17.0 Å². The lowest BCUT2D eigenvalue weighted by atomic mass is 10.1. The van der Waals surface area contributed by atoms with Gasteiger partial charge in [-0.2, -0.15) is 0 Å². The number of hydrogen-bond acceptors (Lipinski definition) is 4. The third-order valence-electron chi connectivity index (χ3n) is 2.58. The third kappa shape index (κ3) is 3.66. The first-order chi connectivity index (χ1) is 9.04. The van der Waals surface area contributed by atoms with Gasteiger partial charge in [0, 0.05) is 6.54 Å². The molecule has 1 heterocycles. The average molecular weight is 278 g/mol. The molecule has 0 fully saturated rings. The monoisotopic (exact) mass is 277 g/mol. The van der Waals surface area contributed by atoms with Crippen molar-refractivity contribution < 1.29 is 4.92 Å². The summed E-state index contributed by atoms with van der Waals surface area (Å²) in [5.41, 5.74) is 2.17. The molecule has 1 N–H and O–H groups in total. The van der Waals surface area contributed by atoms with Crippen molar-refractivity contribution in [2.24, 2.45) is 0 Å². The second kappa shape index (κ2) is 5.67. The first-order valence-corrected chi connectivity index (χ1v) is 6.04. The minimum atomic E-state index is -0.495. The molecule has 1 aromatic carbocycles. The van der Waals surface area contributed by atoms with Crippen molar-refractivity contribution >= 4 is 23.1 Å². The van der Waals surface area contributed by atoms with Crippen molar-refractivity contribution in [1.82, 2.24) is 4.98 Å². The number of nitrogens with zero attached hydrogens (tertiary/aromatic N) is 2. The van der Waals surface area contributed by atoms with E-state index in [4.69, 9.17) is 11.6 Å². The van der Waals surface area contributed by atoms with Crippen LogP contribution in [-0.2, 0) is 6.54 Å². The van der Waals surface area contributed by atoms with Crippen LogP contribution < -0.4 is 5.32 Å². The van der Waals surface area contributed by atoms with E-state index in [1.54, 1.807) is 0 Å². The number of aromatic nitrogens is 1. The zero-order valence-corrected chi connectivity index (χ0v) is 11.0. The second-order valence-electron chi connectivity index (χ2n) is 4.13. The Morgan fingerprint density at radius 2 is 2.00 bits per heavy atom. The van der Waals surface area contributed by atoms with Gasteiger partial charge in [-0.05, 0) is 12.5 Å². The van der Waals surface area contributed by atoms with Gasteiger partial charge in [0.05, 0.1) is 17.1 Å². The lowest BCUT2D eigenvalue weighted by Crippen LogP contribution is -2.02. The fourth-order valence-corrected chi connectivity index (χ4v) is 1.78. The molecule has 0 aliphatic rings. The summed E-state index contributed by atoms with van der Waals surface area (Å²) >= 11 is 5.74. The molecule has 0 saturated heterocycles. The number of halogens is 1. The summed E-state index contributed by atoms with van der Waals surface area (Å²) in [6.45, 7) is 2.55. The van der Waals surface area contributed by atoms with Crippen molar-refractivity contribution in [3.05, 3.63) is 62.8 Å². The zero-order chi connectivity index (χ0) is 13.8. The number of nitro groups is 1. The van der Waals surface area contributed by atoms with Crippen LogP contribution >= 0.6 is 11.6 Å². The van der Waals surface area contributed by atoms with E-state index >= 15 is 0 Å². The van der Waals surface area contributed by atoms with Crippen LogP contribution in [0.4, 0.5) is 11.5 Å². The van der Waals surface area contributed by atoms with Gasteiger partial charge in [0.1, 0.15) is 11.0 Å². The molecule has 0 aliphatic heterocycles. The fourth-order valence-electron chi connectivity index (χ4n) is 1.58. The summed E-state index contributed by atoms with van der Waals surface area (Å²) in [6, 6.07) is 10.6. The number of benzene rings is 1. The van der Waals surface area contributed by atoms with Crippen LogP contribution in [-0.4, -0.2) is 9.91 Å². The van der Waals surface area contributed by atoms with Gasteiger partial charge in [0.15, 0.2) is 0 Å². The molecule has 0 radical (unpaired) electrons. The quantitative estimate of drug-likeness (QED) is 0.527. The van der Waals surface area contributed by atoms with Crippen LogP contribution in [0.3, 0.4) is 0 Å². The Morgan fingerprint density at radius 3 is 2.63 bits per heavy atom. The molecule has 19 heavy (non-hydrogen) atoms. The third-order valence-corrected chi connectivity index (χ3v) is 2.78. The van der Waals surface area contributed by atoms with E-state index < -0.39 is 4.92 Å².